The van der Waals surface area contributed by atoms with E-state index in [4.69, 9.17) is 5.26 Å². The Balaban J connectivity index is 2.15. The van der Waals surface area contributed by atoms with Crippen LogP contribution in [0.25, 0.3) is 0 Å². The predicted molar refractivity (Wildman–Crippen MR) is 103 cm³/mol. The van der Waals surface area contributed by atoms with Crippen LogP contribution in [0, 0.1) is 18.3 Å². The van der Waals surface area contributed by atoms with Crippen LogP contribution in [0.1, 0.15) is 28.4 Å². The fourth-order valence-electron chi connectivity index (χ4n) is 2.24. The third-order valence-electron chi connectivity index (χ3n) is 3.80. The second-order valence-electron chi connectivity index (χ2n) is 5.97. The number of thioether (sulfide) groups is 1. The fraction of sp³-hybridized carbons (Fsp3) is 0.250. The standard InChI is InChI=1S/C20H21N3O2S/c1-15-8-10-16(11-9-15)14-26-20(2,19(25)22-13-12-21)23-18(24)17-6-4-3-5-7-17/h3-11H,13-14H2,1-2H3,(H,22,25)(H,23,24). The summed E-state index contributed by atoms with van der Waals surface area (Å²) < 4.78 is 0. The Kier molecular flexibility index (Phi) is 6.81. The third-order valence-corrected chi connectivity index (χ3v) is 5.14. The molecule has 2 aromatic carbocycles. The van der Waals surface area contributed by atoms with Crippen molar-refractivity contribution in [1.29, 1.82) is 5.26 Å². The summed E-state index contributed by atoms with van der Waals surface area (Å²) in [6.45, 7) is 3.55. The number of hydrogen-bond donors (Lipinski definition) is 2. The van der Waals surface area contributed by atoms with Crippen molar-refractivity contribution in [2.24, 2.45) is 0 Å². The van der Waals surface area contributed by atoms with Crippen LogP contribution >= 0.6 is 11.8 Å². The van der Waals surface area contributed by atoms with Gasteiger partial charge in [0, 0.05) is 11.3 Å². The number of hydrogen-bond acceptors (Lipinski definition) is 4. The summed E-state index contributed by atoms with van der Waals surface area (Å²) in [6, 6.07) is 18.6. The molecule has 0 bridgehead atoms. The van der Waals surface area contributed by atoms with Crippen LogP contribution in [-0.4, -0.2) is 23.2 Å². The van der Waals surface area contributed by atoms with Gasteiger partial charge < -0.3 is 10.6 Å². The molecule has 0 heterocycles. The predicted octanol–water partition coefficient (Wildman–Crippen LogP) is 3.01. The van der Waals surface area contributed by atoms with Crippen molar-refractivity contribution in [1.82, 2.24) is 10.6 Å². The number of carbonyl (C=O) groups is 2. The van der Waals surface area contributed by atoms with Gasteiger partial charge in [0.1, 0.15) is 6.54 Å². The van der Waals surface area contributed by atoms with Crippen LogP contribution < -0.4 is 10.6 Å². The van der Waals surface area contributed by atoms with E-state index in [-0.39, 0.29) is 12.5 Å². The molecule has 0 spiro atoms. The molecule has 2 N–H and O–H groups in total. The molecule has 134 valence electrons. The quantitative estimate of drug-likeness (QED) is 0.582. The van der Waals surface area contributed by atoms with Gasteiger partial charge in [0.15, 0.2) is 4.87 Å². The summed E-state index contributed by atoms with van der Waals surface area (Å²) >= 11 is 1.31. The molecule has 0 radical (unpaired) electrons. The summed E-state index contributed by atoms with van der Waals surface area (Å²) in [7, 11) is 0. The molecule has 0 aliphatic heterocycles. The molecule has 0 aromatic heterocycles. The lowest BCUT2D eigenvalue weighted by Gasteiger charge is -2.28. The number of aryl methyl sites for hydroxylation is 1. The van der Waals surface area contributed by atoms with Gasteiger partial charge in [-0.25, -0.2) is 0 Å². The Labute approximate surface area is 157 Å². The monoisotopic (exact) mass is 367 g/mol. The number of nitriles is 1. The van der Waals surface area contributed by atoms with Crippen molar-refractivity contribution in [3.63, 3.8) is 0 Å². The zero-order valence-electron chi connectivity index (χ0n) is 14.8. The number of carbonyl (C=O) groups excluding carboxylic acids is 2. The van der Waals surface area contributed by atoms with Crippen LogP contribution in [0.15, 0.2) is 54.6 Å². The Morgan fingerprint density at radius 2 is 1.77 bits per heavy atom. The zero-order valence-corrected chi connectivity index (χ0v) is 15.6. The molecule has 0 aliphatic carbocycles. The van der Waals surface area contributed by atoms with E-state index in [9.17, 15) is 9.59 Å². The summed E-state index contributed by atoms with van der Waals surface area (Å²) in [5.41, 5.74) is 2.68. The number of nitrogens with one attached hydrogen (secondary N) is 2. The number of nitrogens with zero attached hydrogens (tertiary/aromatic N) is 1. The van der Waals surface area contributed by atoms with Gasteiger partial charge in [-0.2, -0.15) is 5.26 Å². The molecule has 2 aromatic rings. The van der Waals surface area contributed by atoms with Gasteiger partial charge in [0.25, 0.3) is 11.8 Å². The van der Waals surface area contributed by atoms with Crippen molar-refractivity contribution in [3.8, 4) is 6.07 Å². The average molecular weight is 367 g/mol. The van der Waals surface area contributed by atoms with E-state index in [0.717, 1.165) is 11.1 Å². The van der Waals surface area contributed by atoms with Gasteiger partial charge in [0.2, 0.25) is 0 Å². The summed E-state index contributed by atoms with van der Waals surface area (Å²) in [5.74, 6) is -0.191. The number of amides is 2. The first kappa shape index (κ1) is 19.5. The SMILES string of the molecule is Cc1ccc(CSC(C)(NC(=O)c2ccccc2)C(=O)NCC#N)cc1. The minimum atomic E-state index is -1.20. The molecule has 6 heteroatoms. The first-order chi connectivity index (χ1) is 12.4. The number of benzene rings is 2. The lowest BCUT2D eigenvalue weighted by Crippen LogP contribution is -2.54. The van der Waals surface area contributed by atoms with Crippen LogP contribution in [-0.2, 0) is 10.5 Å². The van der Waals surface area contributed by atoms with E-state index in [2.05, 4.69) is 10.6 Å². The topological polar surface area (TPSA) is 82.0 Å². The molecular formula is C20H21N3O2S. The molecule has 1 atom stereocenters. The van der Waals surface area contributed by atoms with Crippen LogP contribution in [0.2, 0.25) is 0 Å². The lowest BCUT2D eigenvalue weighted by molar-refractivity contribution is -0.123. The molecule has 5 nitrogen and oxygen atoms in total. The van der Waals surface area contributed by atoms with Crippen LogP contribution in [0.3, 0.4) is 0 Å². The van der Waals surface area contributed by atoms with E-state index in [1.54, 1.807) is 31.2 Å². The molecular weight excluding hydrogens is 346 g/mol. The second kappa shape index (κ2) is 9.07. The fourth-order valence-corrected chi connectivity index (χ4v) is 3.25. The molecule has 2 amide bonds. The van der Waals surface area contributed by atoms with Crippen molar-refractivity contribution >= 4 is 23.6 Å². The Morgan fingerprint density at radius 1 is 1.12 bits per heavy atom. The van der Waals surface area contributed by atoms with E-state index in [0.29, 0.717) is 11.3 Å². The van der Waals surface area contributed by atoms with Gasteiger partial charge in [-0.3, -0.25) is 9.59 Å². The van der Waals surface area contributed by atoms with Crippen molar-refractivity contribution in [3.05, 3.63) is 71.3 Å². The smallest absolute Gasteiger partial charge is 0.256 e. The van der Waals surface area contributed by atoms with Crippen LogP contribution in [0.4, 0.5) is 0 Å². The van der Waals surface area contributed by atoms with E-state index >= 15 is 0 Å². The van der Waals surface area contributed by atoms with Crippen molar-refractivity contribution in [2.45, 2.75) is 24.5 Å². The third kappa shape index (κ3) is 5.36. The molecule has 0 fully saturated rings. The van der Waals surface area contributed by atoms with Crippen LogP contribution in [0.5, 0.6) is 0 Å². The van der Waals surface area contributed by atoms with Gasteiger partial charge in [0.05, 0.1) is 6.07 Å². The van der Waals surface area contributed by atoms with Gasteiger partial charge in [-0.1, -0.05) is 48.0 Å². The largest absolute Gasteiger partial charge is 0.340 e. The molecule has 26 heavy (non-hydrogen) atoms. The van der Waals surface area contributed by atoms with E-state index < -0.39 is 10.8 Å². The summed E-state index contributed by atoms with van der Waals surface area (Å²) in [5, 5.41) is 14.1. The highest BCUT2D eigenvalue weighted by atomic mass is 32.2. The highest BCUT2D eigenvalue weighted by molar-refractivity contribution is 8.00. The Bertz CT molecular complexity index is 800. The first-order valence-corrected chi connectivity index (χ1v) is 9.15. The second-order valence-corrected chi connectivity index (χ2v) is 7.36. The minimum absolute atomic E-state index is 0.110. The first-order valence-electron chi connectivity index (χ1n) is 8.17. The van der Waals surface area contributed by atoms with Gasteiger partial charge in [-0.15, -0.1) is 11.8 Å². The maximum Gasteiger partial charge on any atom is 0.256 e. The van der Waals surface area contributed by atoms with E-state index in [1.807, 2.05) is 43.3 Å². The Morgan fingerprint density at radius 3 is 2.38 bits per heavy atom. The number of rotatable bonds is 7. The van der Waals surface area contributed by atoms with Gasteiger partial charge in [-0.05, 0) is 31.5 Å². The summed E-state index contributed by atoms with van der Waals surface area (Å²) in [4.78, 5) is 23.9. The minimum Gasteiger partial charge on any atom is -0.340 e. The lowest BCUT2D eigenvalue weighted by atomic mass is 10.2. The van der Waals surface area contributed by atoms with Crippen molar-refractivity contribution in [2.75, 3.05) is 6.54 Å². The zero-order chi connectivity index (χ0) is 19.0. The maximum atomic E-state index is 12.6. The summed E-state index contributed by atoms with van der Waals surface area (Å²) in [6.07, 6.45) is 0. The molecule has 0 saturated heterocycles. The van der Waals surface area contributed by atoms with E-state index in [1.165, 1.54) is 11.8 Å². The highest BCUT2D eigenvalue weighted by Gasteiger charge is 2.35. The van der Waals surface area contributed by atoms with Gasteiger partial charge >= 0.3 is 0 Å². The molecule has 0 aliphatic rings. The molecule has 0 saturated carbocycles. The Hall–Kier alpha value is -2.78. The maximum absolute atomic E-state index is 12.6. The highest BCUT2D eigenvalue weighted by Crippen LogP contribution is 2.27. The van der Waals surface area contributed by atoms with Crippen molar-refractivity contribution < 1.29 is 9.59 Å². The normalized spacial score (nSPS) is 12.5. The average Bonchev–Trinajstić information content (AvgIpc) is 2.66. The molecule has 2 rings (SSSR count). The molecule has 1 unspecified atom stereocenters.